The number of aromatic amines is 2. The van der Waals surface area contributed by atoms with Gasteiger partial charge in [0.05, 0.1) is 29.1 Å². The third-order valence-electron chi connectivity index (χ3n) is 10.1. The van der Waals surface area contributed by atoms with Crippen molar-refractivity contribution < 1.29 is 19.3 Å². The van der Waals surface area contributed by atoms with Crippen LogP contribution in [-0.4, -0.2) is 132 Å². The third kappa shape index (κ3) is 12.4. The molecule has 0 unspecified atom stereocenters. The first-order chi connectivity index (χ1) is 29.9. The van der Waals surface area contributed by atoms with Crippen molar-refractivity contribution >= 4 is 101 Å². The van der Waals surface area contributed by atoms with Crippen molar-refractivity contribution in [2.24, 2.45) is 0 Å². The van der Waals surface area contributed by atoms with Crippen LogP contribution >= 0.6 is 31.9 Å². The molecule has 2 radical (unpaired) electrons. The number of H-pyrrole nitrogens is 2. The molecule has 61 heavy (non-hydrogen) atoms. The van der Waals surface area contributed by atoms with Crippen molar-refractivity contribution in [1.29, 1.82) is 0 Å². The van der Waals surface area contributed by atoms with Crippen LogP contribution in [0.15, 0.2) is 88.7 Å². The Morgan fingerprint density at radius 2 is 1.21 bits per heavy atom. The number of nitrogens with zero attached hydrogens (tertiary/aromatic N) is 10. The molecule has 3 aliphatic rings. The van der Waals surface area contributed by atoms with Crippen molar-refractivity contribution in [2.75, 3.05) is 39.6 Å². The van der Waals surface area contributed by atoms with Crippen molar-refractivity contribution in [3.05, 3.63) is 88.7 Å². The molecular weight excluding hydrogens is 1020 g/mol. The molecule has 0 atom stereocenters. The Kier molecular flexibility index (Phi) is 17.0. The number of ether oxygens (including phenoxy) is 3. The van der Waals surface area contributed by atoms with Crippen LogP contribution in [0, 0.1) is 0 Å². The maximum Gasteiger partial charge on any atom is 0.155 e. The Bertz CT molecular complexity index is 2520. The zero-order valence-corrected chi connectivity index (χ0v) is 40.2. The van der Waals surface area contributed by atoms with Gasteiger partial charge in [-0.3, -0.25) is 10.2 Å². The van der Waals surface area contributed by atoms with E-state index >= 15 is 0 Å². The summed E-state index contributed by atoms with van der Waals surface area (Å²) in [6, 6.07) is 16.7. The van der Waals surface area contributed by atoms with Gasteiger partial charge < -0.3 is 14.6 Å². The zero-order chi connectivity index (χ0) is 42.4. The van der Waals surface area contributed by atoms with E-state index in [2.05, 4.69) is 102 Å². The van der Waals surface area contributed by atoms with Crippen LogP contribution in [0.2, 0.25) is 3.93 Å². The van der Waals surface area contributed by atoms with Gasteiger partial charge in [0, 0.05) is 50.4 Å². The minimum Gasteiger partial charge on any atom is -0.393 e. The van der Waals surface area contributed by atoms with E-state index in [1.165, 1.54) is 9.10 Å². The predicted octanol–water partition coefficient (Wildman–Crippen LogP) is 7.32. The number of pyridine rings is 4. The molecule has 11 heterocycles. The summed E-state index contributed by atoms with van der Waals surface area (Å²) in [7, 11) is 0. The predicted molar refractivity (Wildman–Crippen MR) is 243 cm³/mol. The molecule has 16 nitrogen and oxygen atoms in total. The van der Waals surface area contributed by atoms with Gasteiger partial charge in [-0.05, 0) is 93.9 Å². The van der Waals surface area contributed by atoms with E-state index in [9.17, 15) is 0 Å². The number of fused-ring (bicyclic) bond motifs is 4. The van der Waals surface area contributed by atoms with Crippen LogP contribution in [-0.2, 0) is 14.2 Å². The molecule has 320 valence electrons. The summed E-state index contributed by atoms with van der Waals surface area (Å²) in [6.45, 7) is 9.41. The fraction of sp³-hybridized carbons (Fsp3) is 0.429. The molecule has 0 aliphatic carbocycles. The van der Waals surface area contributed by atoms with Gasteiger partial charge in [-0.25, -0.2) is 19.6 Å². The topological polar surface area (TPSA) is 192 Å². The van der Waals surface area contributed by atoms with Gasteiger partial charge in [0.15, 0.2) is 16.9 Å². The third-order valence-corrected chi connectivity index (χ3v) is 14.7. The fourth-order valence-corrected chi connectivity index (χ4v) is 10.9. The molecule has 0 spiro atoms. The minimum absolute atomic E-state index is 0.0891. The fourth-order valence-electron chi connectivity index (χ4n) is 6.94. The second-order valence-electron chi connectivity index (χ2n) is 14.8. The van der Waals surface area contributed by atoms with E-state index in [-0.39, 0.29) is 6.10 Å². The van der Waals surface area contributed by atoms with Gasteiger partial charge in [-0.2, -0.15) is 15.3 Å². The zero-order valence-electron chi connectivity index (χ0n) is 34.2. The molecule has 0 aromatic carbocycles. The number of halogens is 2. The molecule has 8 aromatic heterocycles. The van der Waals surface area contributed by atoms with Gasteiger partial charge in [0.2, 0.25) is 0 Å². The summed E-state index contributed by atoms with van der Waals surface area (Å²) < 4.78 is 23.9. The SMILES string of the molecule is Brc1[nH]nc2ncccc12.Brc1nn(C2CCOCC2)c2ncccc12.C[CH](C)[Sn][c]1nn(C2CCOCC2)c2ncccc12.OC1CCOCC1.c1cnc2[nH]ncc2c1. The van der Waals surface area contributed by atoms with Crippen LogP contribution in [0.5, 0.6) is 0 Å². The Labute approximate surface area is 380 Å². The van der Waals surface area contributed by atoms with Crippen LogP contribution < -0.4 is 3.71 Å². The van der Waals surface area contributed by atoms with E-state index < -0.39 is 21.1 Å². The monoisotopic (exact) mass is 1060 g/mol. The number of aromatic nitrogens is 12. The smallest absolute Gasteiger partial charge is 0.155 e. The molecule has 3 aliphatic heterocycles. The van der Waals surface area contributed by atoms with Crippen LogP contribution in [0.1, 0.15) is 64.5 Å². The first-order valence-electron chi connectivity index (χ1n) is 20.5. The molecule has 3 fully saturated rings. The second-order valence-corrected chi connectivity index (χ2v) is 21.8. The summed E-state index contributed by atoms with van der Waals surface area (Å²) in [6.07, 6.45) is 14.6. The van der Waals surface area contributed by atoms with E-state index in [0.29, 0.717) is 12.1 Å². The molecule has 11 rings (SSSR count). The molecular formula is C42H50Br2N12O4Sn. The summed E-state index contributed by atoms with van der Waals surface area (Å²) in [5.74, 6) is 0. The van der Waals surface area contributed by atoms with Crippen LogP contribution in [0.3, 0.4) is 0 Å². The van der Waals surface area contributed by atoms with Gasteiger partial charge in [-0.15, -0.1) is 0 Å². The maximum atomic E-state index is 8.83. The number of aliphatic hydroxyl groups is 1. The quantitative estimate of drug-likeness (QED) is 0.149. The minimum atomic E-state index is -0.614. The Balaban J connectivity index is 0.000000120. The first kappa shape index (κ1) is 45.1. The molecule has 0 saturated carbocycles. The molecule has 0 amide bonds. The van der Waals surface area contributed by atoms with Gasteiger partial charge >= 0.3 is 124 Å². The van der Waals surface area contributed by atoms with Crippen LogP contribution in [0.25, 0.3) is 44.1 Å². The maximum absolute atomic E-state index is 8.83. The average Bonchev–Trinajstić information content (AvgIpc) is 4.11. The van der Waals surface area contributed by atoms with E-state index in [0.717, 1.165) is 130 Å². The summed E-state index contributed by atoms with van der Waals surface area (Å²) in [5, 5.41) is 36.0. The van der Waals surface area contributed by atoms with E-state index in [1.54, 1.807) is 18.6 Å². The van der Waals surface area contributed by atoms with Crippen molar-refractivity contribution in [1.82, 2.24) is 59.9 Å². The summed E-state index contributed by atoms with van der Waals surface area (Å²) >= 11 is 6.18. The average molecular weight is 1070 g/mol. The van der Waals surface area contributed by atoms with Gasteiger partial charge in [-0.1, -0.05) is 0 Å². The molecule has 3 N–H and O–H groups in total. The standard InChI is InChI=1S/C11H12BrN3O.C11H12N3O.C6H4BrN3.C6H5N3.C5H10O2.C3H7.Sn/c12-10-9-2-1-5-13-11(9)15(14-10)8-3-6-16-7-4-8;1-2-9-8-13-14(11(9)12-5-1)10-3-6-15-7-4-10;7-5-4-2-1-3-8-6(4)10-9-5;1-2-5-4-8-9-6(5)7-3-1;6-5-1-3-7-4-2-5;1-3-2;/h1-2,5,8H,3-4,6-7H2;1-2,5,10H,3-4,6-7H2;1-3H,(H,8,9,10);1-4H,(H,7,8,9);5-6H,1-4H2;3H,1-2H3;. The first-order valence-corrected chi connectivity index (χ1v) is 25.2. The Morgan fingerprint density at radius 1 is 0.672 bits per heavy atom. The summed E-state index contributed by atoms with van der Waals surface area (Å²) in [5.41, 5.74) is 3.62. The number of nitrogens with one attached hydrogen (secondary N) is 2. The van der Waals surface area contributed by atoms with Gasteiger partial charge in [0.1, 0.15) is 9.21 Å². The molecule has 19 heteroatoms. The summed E-state index contributed by atoms with van der Waals surface area (Å²) in [4.78, 5) is 17.0. The number of hydrogen-bond donors (Lipinski definition) is 3. The Hall–Kier alpha value is -3.92. The van der Waals surface area contributed by atoms with Crippen LogP contribution in [0.4, 0.5) is 0 Å². The van der Waals surface area contributed by atoms with Gasteiger partial charge in [0.25, 0.3) is 0 Å². The molecule has 3 saturated heterocycles. The number of hydrogen-bond acceptors (Lipinski definition) is 12. The number of aliphatic hydroxyl groups excluding tert-OH is 1. The van der Waals surface area contributed by atoms with Crippen molar-refractivity contribution in [3.63, 3.8) is 0 Å². The Morgan fingerprint density at radius 3 is 1.80 bits per heavy atom. The number of rotatable bonds is 4. The molecule has 0 bridgehead atoms. The molecule has 8 aromatic rings. The second kappa shape index (κ2) is 23.0. The normalized spacial score (nSPS) is 16.3. The van der Waals surface area contributed by atoms with Crippen molar-refractivity contribution in [3.8, 4) is 0 Å². The van der Waals surface area contributed by atoms with E-state index in [1.807, 2.05) is 59.5 Å². The van der Waals surface area contributed by atoms with E-state index in [4.69, 9.17) is 24.4 Å². The van der Waals surface area contributed by atoms with Crippen molar-refractivity contribution in [2.45, 2.75) is 74.5 Å². The largest absolute Gasteiger partial charge is 0.393 e.